The zero-order valence-electron chi connectivity index (χ0n) is 21.8. The molecule has 1 atom stereocenters. The first-order valence-corrected chi connectivity index (χ1v) is 15.2. The summed E-state index contributed by atoms with van der Waals surface area (Å²) in [6, 6.07) is 25.8. The molecule has 1 aliphatic rings. The monoisotopic (exact) mass is 611 g/mol. The Morgan fingerprint density at radius 3 is 2.24 bits per heavy atom. The Morgan fingerprint density at radius 2 is 1.57 bits per heavy atom. The van der Waals surface area contributed by atoms with Crippen molar-refractivity contribution in [1.29, 1.82) is 0 Å². The molecule has 2 amide bonds. The minimum Gasteiger partial charge on any atom is -0.322 e. The summed E-state index contributed by atoms with van der Waals surface area (Å²) in [5.74, 6) is 0.00248. The van der Waals surface area contributed by atoms with Gasteiger partial charge in [-0.15, -0.1) is 11.8 Å². The lowest BCUT2D eigenvalue weighted by molar-refractivity contribution is -0.137. The van der Waals surface area contributed by atoms with E-state index in [0.717, 1.165) is 23.3 Å². The van der Waals surface area contributed by atoms with E-state index in [2.05, 4.69) is 10.0 Å². The molecule has 1 heterocycles. The lowest BCUT2D eigenvalue weighted by Gasteiger charge is -2.24. The van der Waals surface area contributed by atoms with Crippen LogP contribution in [0.2, 0.25) is 0 Å². The number of thioether (sulfide) groups is 1. The van der Waals surface area contributed by atoms with Gasteiger partial charge in [0.25, 0.3) is 15.9 Å². The highest BCUT2D eigenvalue weighted by atomic mass is 32.2. The Hall–Kier alpha value is -4.29. The Labute approximate surface area is 244 Å². The molecule has 0 aliphatic carbocycles. The van der Waals surface area contributed by atoms with Gasteiger partial charge >= 0.3 is 6.18 Å². The summed E-state index contributed by atoms with van der Waals surface area (Å²) in [4.78, 5) is 27.0. The smallest absolute Gasteiger partial charge is 0.322 e. The summed E-state index contributed by atoms with van der Waals surface area (Å²) < 4.78 is 66.4. The van der Waals surface area contributed by atoms with E-state index in [1.54, 1.807) is 24.3 Å². The number of halogens is 3. The SMILES string of the molecule is O=C(Nc1ccc(S(=O)(=O)Nc2cccc(C(F)(F)F)c2)cc1)c1ccc([C@@H]2SCC(=O)N2Cc2ccccc2)cc1. The third-order valence-corrected chi connectivity index (χ3v) is 9.14. The number of hydrogen-bond donors (Lipinski definition) is 2. The van der Waals surface area contributed by atoms with Crippen LogP contribution in [-0.4, -0.2) is 30.9 Å². The van der Waals surface area contributed by atoms with Gasteiger partial charge in [-0.05, 0) is 65.7 Å². The largest absolute Gasteiger partial charge is 0.416 e. The first kappa shape index (κ1) is 29.2. The quantitative estimate of drug-likeness (QED) is 0.236. The standard InChI is InChI=1S/C30H24F3N3O4S2/c31-30(32,33)23-7-4-8-25(17-23)35-42(39,40)26-15-13-24(14-16-26)34-28(38)21-9-11-22(12-10-21)29-36(27(37)19-41-29)18-20-5-2-1-3-6-20/h1-17,29,35H,18-19H2,(H,34,38)/t29-/m0/s1. The van der Waals surface area contributed by atoms with E-state index in [-0.39, 0.29) is 21.9 Å². The first-order valence-electron chi connectivity index (χ1n) is 12.7. The predicted molar refractivity (Wildman–Crippen MR) is 155 cm³/mol. The van der Waals surface area contributed by atoms with Crippen LogP contribution in [0, 0.1) is 0 Å². The summed E-state index contributed by atoms with van der Waals surface area (Å²) in [6.45, 7) is 0.487. The van der Waals surface area contributed by atoms with Gasteiger partial charge in [-0.3, -0.25) is 14.3 Å². The molecule has 0 spiro atoms. The van der Waals surface area contributed by atoms with E-state index in [0.29, 0.717) is 29.6 Å². The molecule has 12 heteroatoms. The van der Waals surface area contributed by atoms with E-state index in [1.165, 1.54) is 42.1 Å². The van der Waals surface area contributed by atoms with Crippen LogP contribution < -0.4 is 10.0 Å². The second-order valence-corrected chi connectivity index (χ2v) is 12.2. The van der Waals surface area contributed by atoms with Gasteiger partial charge in [0.2, 0.25) is 5.91 Å². The van der Waals surface area contributed by atoms with Crippen LogP contribution in [0.4, 0.5) is 24.5 Å². The number of sulfonamides is 1. The number of amides is 2. The third kappa shape index (κ3) is 6.77. The van der Waals surface area contributed by atoms with E-state index in [4.69, 9.17) is 0 Å². The Kier molecular flexibility index (Phi) is 8.28. The molecule has 4 aromatic rings. The molecule has 0 saturated carbocycles. The van der Waals surface area contributed by atoms with Crippen molar-refractivity contribution < 1.29 is 31.2 Å². The number of alkyl halides is 3. The number of nitrogens with zero attached hydrogens (tertiary/aromatic N) is 1. The average molecular weight is 612 g/mol. The van der Waals surface area contributed by atoms with Crippen LogP contribution in [0.5, 0.6) is 0 Å². The van der Waals surface area contributed by atoms with Gasteiger partial charge in [-0.2, -0.15) is 13.2 Å². The second kappa shape index (κ2) is 11.9. The van der Waals surface area contributed by atoms with Crippen molar-refractivity contribution in [2.75, 3.05) is 15.8 Å². The van der Waals surface area contributed by atoms with Crippen molar-refractivity contribution in [1.82, 2.24) is 4.90 Å². The normalized spacial score (nSPS) is 15.5. The third-order valence-electron chi connectivity index (χ3n) is 6.49. The molecule has 0 radical (unpaired) electrons. The fraction of sp³-hybridized carbons (Fsp3) is 0.133. The molecule has 0 unspecified atom stereocenters. The fourth-order valence-corrected chi connectivity index (χ4v) is 6.61. The summed E-state index contributed by atoms with van der Waals surface area (Å²) in [5, 5.41) is 2.53. The summed E-state index contributed by atoms with van der Waals surface area (Å²) in [6.07, 6.45) is -4.61. The van der Waals surface area contributed by atoms with Crippen molar-refractivity contribution in [2.24, 2.45) is 0 Å². The highest BCUT2D eigenvalue weighted by Crippen LogP contribution is 2.39. The maximum Gasteiger partial charge on any atom is 0.416 e. The van der Waals surface area contributed by atoms with Crippen molar-refractivity contribution in [3.05, 3.63) is 125 Å². The molecule has 1 fully saturated rings. The topological polar surface area (TPSA) is 95.6 Å². The molecule has 7 nitrogen and oxygen atoms in total. The van der Waals surface area contributed by atoms with Crippen LogP contribution >= 0.6 is 11.8 Å². The predicted octanol–water partition coefficient (Wildman–Crippen LogP) is 6.53. The van der Waals surface area contributed by atoms with Crippen molar-refractivity contribution in [2.45, 2.75) is 23.0 Å². The number of nitrogens with one attached hydrogen (secondary N) is 2. The molecule has 42 heavy (non-hydrogen) atoms. The fourth-order valence-electron chi connectivity index (χ4n) is 4.37. The molecule has 1 aliphatic heterocycles. The van der Waals surface area contributed by atoms with Crippen molar-refractivity contribution in [3.63, 3.8) is 0 Å². The maximum absolute atomic E-state index is 13.0. The van der Waals surface area contributed by atoms with E-state index < -0.39 is 27.7 Å². The molecular weight excluding hydrogens is 587 g/mol. The van der Waals surface area contributed by atoms with E-state index in [9.17, 15) is 31.2 Å². The number of benzene rings is 4. The average Bonchev–Trinajstić information content (AvgIpc) is 3.33. The molecule has 0 bridgehead atoms. The minimum atomic E-state index is -4.61. The second-order valence-electron chi connectivity index (χ2n) is 9.46. The number of rotatable bonds is 8. The minimum absolute atomic E-state index is 0.0474. The van der Waals surface area contributed by atoms with Gasteiger partial charge < -0.3 is 10.2 Å². The number of anilines is 2. The zero-order valence-corrected chi connectivity index (χ0v) is 23.5. The molecule has 2 N–H and O–H groups in total. The Morgan fingerprint density at radius 1 is 0.881 bits per heavy atom. The van der Waals surface area contributed by atoms with Crippen LogP contribution in [0.25, 0.3) is 0 Å². The lowest BCUT2D eigenvalue weighted by atomic mass is 10.1. The van der Waals surface area contributed by atoms with Crippen LogP contribution in [-0.2, 0) is 27.5 Å². The lowest BCUT2D eigenvalue weighted by Crippen LogP contribution is -2.27. The number of carbonyl (C=O) groups excluding carboxylic acids is 2. The molecule has 5 rings (SSSR count). The number of hydrogen-bond acceptors (Lipinski definition) is 5. The van der Waals surface area contributed by atoms with Gasteiger partial charge in [-0.25, -0.2) is 8.42 Å². The first-order chi connectivity index (χ1) is 20.0. The van der Waals surface area contributed by atoms with Gasteiger partial charge in [0.15, 0.2) is 0 Å². The molecule has 4 aromatic carbocycles. The van der Waals surface area contributed by atoms with Crippen LogP contribution in [0.15, 0.2) is 108 Å². The highest BCUT2D eigenvalue weighted by molar-refractivity contribution is 8.00. The van der Waals surface area contributed by atoms with Gasteiger partial charge in [-0.1, -0.05) is 48.5 Å². The Bertz CT molecular complexity index is 1700. The highest BCUT2D eigenvalue weighted by Gasteiger charge is 2.33. The van der Waals surface area contributed by atoms with E-state index >= 15 is 0 Å². The molecule has 0 aromatic heterocycles. The summed E-state index contributed by atoms with van der Waals surface area (Å²) >= 11 is 1.52. The van der Waals surface area contributed by atoms with Gasteiger partial charge in [0.05, 0.1) is 16.2 Å². The van der Waals surface area contributed by atoms with Crippen LogP contribution in [0.3, 0.4) is 0 Å². The van der Waals surface area contributed by atoms with Gasteiger partial charge in [0, 0.05) is 23.5 Å². The molecule has 1 saturated heterocycles. The molecule has 216 valence electrons. The van der Waals surface area contributed by atoms with Crippen molar-refractivity contribution in [3.8, 4) is 0 Å². The van der Waals surface area contributed by atoms with Crippen molar-refractivity contribution >= 4 is 45.0 Å². The molecular formula is C30H24F3N3O4S2. The Balaban J connectivity index is 1.22. The zero-order chi connectivity index (χ0) is 29.9. The summed E-state index contributed by atoms with van der Waals surface area (Å²) in [5.41, 5.74) is 1.41. The number of carbonyl (C=O) groups is 2. The van der Waals surface area contributed by atoms with E-state index in [1.807, 2.05) is 35.2 Å². The van der Waals surface area contributed by atoms with Crippen LogP contribution in [0.1, 0.15) is 32.4 Å². The summed E-state index contributed by atoms with van der Waals surface area (Å²) in [7, 11) is -4.17. The van der Waals surface area contributed by atoms with Gasteiger partial charge in [0.1, 0.15) is 5.37 Å². The maximum atomic E-state index is 13.0.